The Balaban J connectivity index is 2.10. The smallest absolute Gasteiger partial charge is 0.325 e. The number of nitrogens with one attached hydrogen (secondary N) is 1. The van der Waals surface area contributed by atoms with Gasteiger partial charge in [0, 0.05) is 17.7 Å². The molecule has 10 heteroatoms. The number of rotatable bonds is 9. The fourth-order valence-electron chi connectivity index (χ4n) is 2.07. The lowest BCUT2D eigenvalue weighted by molar-refractivity contribution is -0.144. The molecule has 1 aromatic carbocycles. The van der Waals surface area contributed by atoms with Crippen LogP contribution in [0.4, 0.5) is 0 Å². The molecule has 1 unspecified atom stereocenters. The van der Waals surface area contributed by atoms with Crippen molar-refractivity contribution in [1.29, 1.82) is 0 Å². The number of ether oxygens (including phenoxy) is 1. The molecule has 0 aliphatic rings. The fraction of sp³-hybridized carbons (Fsp3) is 0.294. The summed E-state index contributed by atoms with van der Waals surface area (Å²) in [7, 11) is -3.97. The van der Waals surface area contributed by atoms with Gasteiger partial charge in [-0.05, 0) is 34.5 Å². The molecular formula is C17H18BrClN2O4S2. The second-order valence-electron chi connectivity index (χ2n) is 5.37. The molecular weight excluding hydrogens is 476 g/mol. The van der Waals surface area contributed by atoms with Crippen LogP contribution in [-0.4, -0.2) is 37.8 Å². The lowest BCUT2D eigenvalue weighted by Gasteiger charge is -2.17. The van der Waals surface area contributed by atoms with Gasteiger partial charge in [0.2, 0.25) is 10.0 Å². The monoisotopic (exact) mass is 492 g/mol. The van der Waals surface area contributed by atoms with Crippen molar-refractivity contribution in [3.63, 3.8) is 0 Å². The quantitative estimate of drug-likeness (QED) is 0.424. The standard InChI is InChI=1S/C17H18BrClN2O4S2/c1-2-25-17(22)15(11-26-10-12-6-4-3-5-7-12)21-27(23,24)13-8-14(18)16(19)20-9-13/h3-9,15,21H,2,10-11H2,1H3. The third-order valence-corrected chi connectivity index (χ3v) is 7.03. The van der Waals surface area contributed by atoms with Crippen LogP contribution in [0.25, 0.3) is 0 Å². The predicted octanol–water partition coefficient (Wildman–Crippen LogP) is 3.64. The van der Waals surface area contributed by atoms with Gasteiger partial charge in [0.05, 0.1) is 11.1 Å². The number of halogens is 2. The van der Waals surface area contributed by atoms with Crippen LogP contribution in [0.15, 0.2) is 52.0 Å². The van der Waals surface area contributed by atoms with Gasteiger partial charge >= 0.3 is 5.97 Å². The highest BCUT2D eigenvalue weighted by Crippen LogP contribution is 2.23. The summed E-state index contributed by atoms with van der Waals surface area (Å²) in [5, 5.41) is 0.148. The molecule has 1 aromatic heterocycles. The van der Waals surface area contributed by atoms with Crippen LogP contribution in [0.1, 0.15) is 12.5 Å². The first-order chi connectivity index (χ1) is 12.8. The van der Waals surface area contributed by atoms with E-state index in [1.807, 2.05) is 30.3 Å². The predicted molar refractivity (Wildman–Crippen MR) is 110 cm³/mol. The Bertz CT molecular complexity index is 882. The van der Waals surface area contributed by atoms with Gasteiger partial charge in [-0.15, -0.1) is 0 Å². The van der Waals surface area contributed by atoms with Crippen molar-refractivity contribution in [2.45, 2.75) is 23.6 Å². The molecule has 0 bridgehead atoms. The number of carbonyl (C=O) groups excluding carboxylic acids is 1. The summed E-state index contributed by atoms with van der Waals surface area (Å²) in [4.78, 5) is 15.9. The fourth-order valence-corrected chi connectivity index (χ4v) is 4.93. The summed E-state index contributed by atoms with van der Waals surface area (Å²) in [5.74, 6) is 0.254. The summed E-state index contributed by atoms with van der Waals surface area (Å²) < 4.78 is 33.0. The molecule has 2 rings (SSSR count). The number of pyridine rings is 1. The van der Waals surface area contributed by atoms with Crippen LogP contribution in [-0.2, 0) is 25.3 Å². The van der Waals surface area contributed by atoms with E-state index in [0.29, 0.717) is 10.2 Å². The minimum Gasteiger partial charge on any atom is -0.465 e. The first-order valence-corrected chi connectivity index (χ1v) is 11.8. The minimum atomic E-state index is -3.97. The molecule has 0 saturated carbocycles. The zero-order chi connectivity index (χ0) is 19.9. The Morgan fingerprint density at radius 1 is 1.37 bits per heavy atom. The van der Waals surface area contributed by atoms with Gasteiger partial charge in [0.1, 0.15) is 16.1 Å². The van der Waals surface area contributed by atoms with Crippen molar-refractivity contribution in [1.82, 2.24) is 9.71 Å². The van der Waals surface area contributed by atoms with Crippen LogP contribution >= 0.6 is 39.3 Å². The first-order valence-electron chi connectivity index (χ1n) is 7.95. The summed E-state index contributed by atoms with van der Waals surface area (Å²) in [6, 6.07) is 10.0. The number of hydrogen-bond acceptors (Lipinski definition) is 6. The first kappa shape index (κ1) is 22.2. The topological polar surface area (TPSA) is 85.4 Å². The number of sulfonamides is 1. The second kappa shape index (κ2) is 10.4. The zero-order valence-electron chi connectivity index (χ0n) is 14.4. The van der Waals surface area contributed by atoms with Crippen LogP contribution in [0.3, 0.4) is 0 Å². The molecule has 0 spiro atoms. The molecule has 1 heterocycles. The molecule has 27 heavy (non-hydrogen) atoms. The highest BCUT2D eigenvalue weighted by atomic mass is 79.9. The van der Waals surface area contributed by atoms with E-state index in [-0.39, 0.29) is 22.4 Å². The maximum atomic E-state index is 12.6. The lowest BCUT2D eigenvalue weighted by atomic mass is 10.2. The highest BCUT2D eigenvalue weighted by Gasteiger charge is 2.27. The van der Waals surface area contributed by atoms with Gasteiger partial charge in [-0.25, -0.2) is 13.4 Å². The van der Waals surface area contributed by atoms with Crippen molar-refractivity contribution < 1.29 is 17.9 Å². The van der Waals surface area contributed by atoms with Crippen LogP contribution < -0.4 is 4.72 Å². The molecule has 0 fully saturated rings. The summed E-state index contributed by atoms with van der Waals surface area (Å²) >= 11 is 10.4. The number of nitrogens with zero attached hydrogens (tertiary/aromatic N) is 1. The van der Waals surface area contributed by atoms with Gasteiger partial charge < -0.3 is 4.74 Å². The third-order valence-electron chi connectivity index (χ3n) is 3.35. The largest absolute Gasteiger partial charge is 0.465 e. The average Bonchev–Trinajstić information content (AvgIpc) is 2.64. The van der Waals surface area contributed by atoms with E-state index in [1.165, 1.54) is 17.8 Å². The average molecular weight is 494 g/mol. The van der Waals surface area contributed by atoms with Crippen molar-refractivity contribution in [3.05, 3.63) is 57.8 Å². The van der Waals surface area contributed by atoms with E-state index in [1.54, 1.807) is 6.92 Å². The molecule has 146 valence electrons. The molecule has 2 aromatic rings. The van der Waals surface area contributed by atoms with E-state index < -0.39 is 22.0 Å². The molecule has 0 aliphatic carbocycles. The maximum absolute atomic E-state index is 12.6. The lowest BCUT2D eigenvalue weighted by Crippen LogP contribution is -2.43. The second-order valence-corrected chi connectivity index (χ2v) is 9.33. The molecule has 1 atom stereocenters. The van der Waals surface area contributed by atoms with E-state index in [2.05, 4.69) is 25.6 Å². The Labute approximate surface area is 176 Å². The SMILES string of the molecule is CCOC(=O)C(CSCc1ccccc1)NS(=O)(=O)c1cnc(Cl)c(Br)c1. The Morgan fingerprint density at radius 3 is 2.70 bits per heavy atom. The Kier molecular flexibility index (Phi) is 8.56. The summed E-state index contributed by atoms with van der Waals surface area (Å²) in [6.07, 6.45) is 1.13. The van der Waals surface area contributed by atoms with Crippen LogP contribution in [0.5, 0.6) is 0 Å². The molecule has 6 nitrogen and oxygen atoms in total. The van der Waals surface area contributed by atoms with Crippen LogP contribution in [0, 0.1) is 0 Å². The van der Waals surface area contributed by atoms with E-state index in [0.717, 1.165) is 11.8 Å². The number of hydrogen-bond donors (Lipinski definition) is 1. The number of benzene rings is 1. The molecule has 0 saturated heterocycles. The zero-order valence-corrected chi connectivity index (χ0v) is 18.4. The van der Waals surface area contributed by atoms with Crippen LogP contribution in [0.2, 0.25) is 5.15 Å². The Morgan fingerprint density at radius 2 is 2.07 bits per heavy atom. The molecule has 1 N–H and O–H groups in total. The normalized spacial score (nSPS) is 12.6. The van der Waals surface area contributed by atoms with Gasteiger partial charge in [-0.2, -0.15) is 16.5 Å². The molecule has 0 radical (unpaired) electrons. The number of aromatic nitrogens is 1. The van der Waals surface area contributed by atoms with Crippen molar-refractivity contribution >= 4 is 55.3 Å². The molecule has 0 amide bonds. The van der Waals surface area contributed by atoms with Gasteiger partial charge in [0.15, 0.2) is 0 Å². The summed E-state index contributed by atoms with van der Waals surface area (Å²) in [5.41, 5.74) is 1.08. The number of thioether (sulfide) groups is 1. The van der Waals surface area contributed by atoms with E-state index in [9.17, 15) is 13.2 Å². The van der Waals surface area contributed by atoms with Gasteiger partial charge in [-0.1, -0.05) is 41.9 Å². The van der Waals surface area contributed by atoms with Crippen molar-refractivity contribution in [3.8, 4) is 0 Å². The van der Waals surface area contributed by atoms with Crippen molar-refractivity contribution in [2.24, 2.45) is 0 Å². The third kappa shape index (κ3) is 6.76. The highest BCUT2D eigenvalue weighted by molar-refractivity contribution is 9.10. The van der Waals surface area contributed by atoms with Gasteiger partial charge in [0.25, 0.3) is 0 Å². The van der Waals surface area contributed by atoms with E-state index in [4.69, 9.17) is 16.3 Å². The maximum Gasteiger partial charge on any atom is 0.325 e. The molecule has 0 aliphatic heterocycles. The van der Waals surface area contributed by atoms with Crippen molar-refractivity contribution in [2.75, 3.05) is 12.4 Å². The van der Waals surface area contributed by atoms with Gasteiger partial charge in [-0.3, -0.25) is 4.79 Å². The minimum absolute atomic E-state index is 0.0962. The number of esters is 1. The van der Waals surface area contributed by atoms with E-state index >= 15 is 0 Å². The number of carbonyl (C=O) groups is 1. The Hall–Kier alpha value is -1.13. The summed E-state index contributed by atoms with van der Waals surface area (Å²) in [6.45, 7) is 1.83.